The van der Waals surface area contributed by atoms with Gasteiger partial charge in [0, 0.05) is 12.7 Å². The molecule has 0 aromatic heterocycles. The molecular weight excluding hydrogens is 424 g/mol. The van der Waals surface area contributed by atoms with Crippen LogP contribution in [0, 0.1) is 0 Å². The zero-order valence-corrected chi connectivity index (χ0v) is 19.5. The van der Waals surface area contributed by atoms with Crippen molar-refractivity contribution in [2.75, 3.05) is 23.3 Å². The fourth-order valence-electron chi connectivity index (χ4n) is 3.04. The fourth-order valence-corrected chi connectivity index (χ4v) is 4.24. The van der Waals surface area contributed by atoms with E-state index < -0.39 is 10.0 Å². The Morgan fingerprint density at radius 3 is 2.06 bits per heavy atom. The molecule has 0 aliphatic rings. The molecule has 1 N–H and O–H groups in total. The average Bonchev–Trinajstić information content (AvgIpc) is 2.78. The van der Waals surface area contributed by atoms with Gasteiger partial charge in [0.15, 0.2) is 6.61 Å². The SMILES string of the molecule is CN(c1ccccc1)S(=O)(=O)c1ccc(NC(=O)COc2ccc(C(C)(C)C)cc2)cc1. The van der Waals surface area contributed by atoms with Crippen LogP contribution in [-0.2, 0) is 20.2 Å². The fraction of sp³-hybridized carbons (Fsp3) is 0.240. The van der Waals surface area contributed by atoms with E-state index in [4.69, 9.17) is 4.74 Å². The number of carbonyl (C=O) groups is 1. The summed E-state index contributed by atoms with van der Waals surface area (Å²) in [6.07, 6.45) is 0. The molecule has 6 nitrogen and oxygen atoms in total. The van der Waals surface area contributed by atoms with E-state index in [0.717, 1.165) is 0 Å². The summed E-state index contributed by atoms with van der Waals surface area (Å²) >= 11 is 0. The van der Waals surface area contributed by atoms with E-state index in [9.17, 15) is 13.2 Å². The van der Waals surface area contributed by atoms with Crippen LogP contribution < -0.4 is 14.4 Å². The Balaban J connectivity index is 1.59. The van der Waals surface area contributed by atoms with Crippen molar-refractivity contribution >= 4 is 27.3 Å². The predicted octanol–water partition coefficient (Wildman–Crippen LogP) is 4.83. The number of nitrogens with one attached hydrogen (secondary N) is 1. The number of carbonyl (C=O) groups excluding carboxylic acids is 1. The average molecular weight is 453 g/mol. The topological polar surface area (TPSA) is 75.7 Å². The molecule has 0 spiro atoms. The lowest BCUT2D eigenvalue weighted by Gasteiger charge is -2.19. The standard InChI is InChI=1S/C25H28N2O4S/c1-25(2,3)19-10-14-22(15-11-19)31-18-24(28)26-20-12-16-23(17-13-20)32(29,30)27(4)21-8-6-5-7-9-21/h5-17H,18H2,1-4H3,(H,26,28). The molecule has 0 heterocycles. The molecule has 3 aromatic carbocycles. The van der Waals surface area contributed by atoms with Gasteiger partial charge < -0.3 is 10.1 Å². The second-order valence-electron chi connectivity index (χ2n) is 8.44. The highest BCUT2D eigenvalue weighted by Gasteiger charge is 2.21. The van der Waals surface area contributed by atoms with Gasteiger partial charge in [0.25, 0.3) is 15.9 Å². The molecular formula is C25H28N2O4S. The Morgan fingerprint density at radius 2 is 1.50 bits per heavy atom. The zero-order valence-electron chi connectivity index (χ0n) is 18.7. The van der Waals surface area contributed by atoms with Gasteiger partial charge in [0.05, 0.1) is 10.6 Å². The van der Waals surface area contributed by atoms with Gasteiger partial charge in [-0.2, -0.15) is 0 Å². The molecule has 0 atom stereocenters. The number of benzene rings is 3. The maximum Gasteiger partial charge on any atom is 0.264 e. The van der Waals surface area contributed by atoms with E-state index in [2.05, 4.69) is 26.1 Å². The number of sulfonamides is 1. The van der Waals surface area contributed by atoms with Gasteiger partial charge in [0.1, 0.15) is 5.75 Å². The quantitative estimate of drug-likeness (QED) is 0.557. The number of rotatable bonds is 7. The molecule has 0 saturated carbocycles. The van der Waals surface area contributed by atoms with Crippen LogP contribution in [0.3, 0.4) is 0 Å². The summed E-state index contributed by atoms with van der Waals surface area (Å²) in [6.45, 7) is 6.25. The Bertz CT molecular complexity index is 1150. The third-order valence-corrected chi connectivity index (χ3v) is 6.81. The van der Waals surface area contributed by atoms with E-state index in [0.29, 0.717) is 17.1 Å². The van der Waals surface area contributed by atoms with E-state index in [1.54, 1.807) is 36.4 Å². The summed E-state index contributed by atoms with van der Waals surface area (Å²) in [5, 5.41) is 2.72. The smallest absolute Gasteiger partial charge is 0.264 e. The van der Waals surface area contributed by atoms with Crippen LogP contribution in [0.4, 0.5) is 11.4 Å². The maximum absolute atomic E-state index is 12.8. The molecule has 0 unspecified atom stereocenters. The zero-order chi connectivity index (χ0) is 23.4. The monoisotopic (exact) mass is 452 g/mol. The van der Waals surface area contributed by atoms with E-state index in [1.165, 1.54) is 29.0 Å². The molecule has 168 valence electrons. The number of para-hydroxylation sites is 1. The summed E-state index contributed by atoms with van der Waals surface area (Å²) in [5.41, 5.74) is 2.29. The second-order valence-corrected chi connectivity index (χ2v) is 10.4. The lowest BCUT2D eigenvalue weighted by Crippen LogP contribution is -2.26. The molecule has 3 aromatic rings. The van der Waals surface area contributed by atoms with E-state index in [1.807, 2.05) is 30.3 Å². The lowest BCUT2D eigenvalue weighted by atomic mass is 9.87. The summed E-state index contributed by atoms with van der Waals surface area (Å²) < 4.78 is 32.4. The summed E-state index contributed by atoms with van der Waals surface area (Å²) in [6, 6.07) is 22.5. The maximum atomic E-state index is 12.8. The van der Waals surface area contributed by atoms with Gasteiger partial charge >= 0.3 is 0 Å². The van der Waals surface area contributed by atoms with Crippen LogP contribution in [0.1, 0.15) is 26.3 Å². The van der Waals surface area contributed by atoms with Crippen molar-refractivity contribution in [1.29, 1.82) is 0 Å². The van der Waals surface area contributed by atoms with Gasteiger partial charge in [-0.25, -0.2) is 8.42 Å². The van der Waals surface area contributed by atoms with Crippen LogP contribution in [0.25, 0.3) is 0 Å². The van der Waals surface area contributed by atoms with Crippen molar-refractivity contribution in [1.82, 2.24) is 0 Å². The van der Waals surface area contributed by atoms with Gasteiger partial charge in [0.2, 0.25) is 0 Å². The molecule has 1 amide bonds. The van der Waals surface area contributed by atoms with Crippen molar-refractivity contribution in [2.45, 2.75) is 31.1 Å². The van der Waals surface area contributed by atoms with Crippen LogP contribution >= 0.6 is 0 Å². The first-order valence-electron chi connectivity index (χ1n) is 10.2. The Hall–Kier alpha value is -3.32. The minimum Gasteiger partial charge on any atom is -0.484 e. The van der Waals surface area contributed by atoms with Gasteiger partial charge in [-0.3, -0.25) is 9.10 Å². The van der Waals surface area contributed by atoms with E-state index >= 15 is 0 Å². The molecule has 0 saturated heterocycles. The van der Waals surface area contributed by atoms with Crippen LogP contribution in [0.15, 0.2) is 83.8 Å². The van der Waals surface area contributed by atoms with Crippen LogP contribution in [-0.4, -0.2) is 28.0 Å². The first-order valence-corrected chi connectivity index (χ1v) is 11.7. The van der Waals surface area contributed by atoms with Crippen molar-refractivity contribution in [3.8, 4) is 5.75 Å². The molecule has 0 fully saturated rings. The number of ether oxygens (including phenoxy) is 1. The summed E-state index contributed by atoms with van der Waals surface area (Å²) in [5.74, 6) is 0.278. The Morgan fingerprint density at radius 1 is 0.906 bits per heavy atom. The molecule has 32 heavy (non-hydrogen) atoms. The van der Waals surface area contributed by atoms with Crippen molar-refractivity contribution in [3.63, 3.8) is 0 Å². The predicted molar refractivity (Wildman–Crippen MR) is 128 cm³/mol. The third kappa shape index (κ3) is 5.68. The highest BCUT2D eigenvalue weighted by Crippen LogP contribution is 2.25. The third-order valence-electron chi connectivity index (χ3n) is 5.01. The summed E-state index contributed by atoms with van der Waals surface area (Å²) in [7, 11) is -2.20. The Labute approximate surface area is 189 Å². The number of hydrogen-bond donors (Lipinski definition) is 1. The van der Waals surface area contributed by atoms with Gasteiger partial charge in [-0.15, -0.1) is 0 Å². The van der Waals surface area contributed by atoms with Crippen LogP contribution in [0.5, 0.6) is 5.75 Å². The number of hydrogen-bond acceptors (Lipinski definition) is 4. The molecule has 0 aliphatic heterocycles. The first kappa shape index (κ1) is 23.3. The molecule has 0 bridgehead atoms. The molecule has 0 aliphatic carbocycles. The largest absolute Gasteiger partial charge is 0.484 e. The number of anilines is 2. The van der Waals surface area contributed by atoms with Crippen molar-refractivity contribution in [3.05, 3.63) is 84.4 Å². The summed E-state index contributed by atoms with van der Waals surface area (Å²) in [4.78, 5) is 12.4. The van der Waals surface area contributed by atoms with Crippen LogP contribution in [0.2, 0.25) is 0 Å². The minimum absolute atomic E-state index is 0.0471. The van der Waals surface area contributed by atoms with Crippen molar-refractivity contribution in [2.24, 2.45) is 0 Å². The Kier molecular flexibility index (Phi) is 6.89. The molecule has 3 rings (SSSR count). The van der Waals surface area contributed by atoms with Gasteiger partial charge in [-0.05, 0) is 59.5 Å². The van der Waals surface area contributed by atoms with E-state index in [-0.39, 0.29) is 22.8 Å². The van der Waals surface area contributed by atoms with Crippen molar-refractivity contribution < 1.29 is 17.9 Å². The minimum atomic E-state index is -3.70. The highest BCUT2D eigenvalue weighted by atomic mass is 32.2. The highest BCUT2D eigenvalue weighted by molar-refractivity contribution is 7.92. The number of amides is 1. The number of nitrogens with zero attached hydrogens (tertiary/aromatic N) is 1. The molecule has 7 heteroatoms. The first-order chi connectivity index (χ1) is 15.1. The lowest BCUT2D eigenvalue weighted by molar-refractivity contribution is -0.118. The molecule has 0 radical (unpaired) electrons. The normalized spacial score (nSPS) is 11.6. The second kappa shape index (κ2) is 9.44. The van der Waals surface area contributed by atoms with Gasteiger partial charge in [-0.1, -0.05) is 51.1 Å².